The molecule has 1 aromatic carbocycles. The molecule has 0 aromatic heterocycles. The average molecular weight is 271 g/mol. The fraction of sp³-hybridized carbons (Fsp3) is 0.571. The third-order valence-corrected chi connectivity index (χ3v) is 10.8. The minimum atomic E-state index is -1.28. The summed E-state index contributed by atoms with van der Waals surface area (Å²) in [5.41, 5.74) is 0. The Morgan fingerprint density at radius 3 is 1.44 bits per heavy atom. The minimum Gasteiger partial charge on any atom is 0 e. The Labute approximate surface area is 117 Å². The van der Waals surface area contributed by atoms with Crippen LogP contribution >= 0.6 is 0 Å². The van der Waals surface area contributed by atoms with E-state index in [9.17, 15) is 0 Å². The summed E-state index contributed by atoms with van der Waals surface area (Å²) in [6, 6.07) is 11.1. The summed E-state index contributed by atoms with van der Waals surface area (Å²) in [6.45, 7) is 14.4. The van der Waals surface area contributed by atoms with Crippen LogP contribution in [0.15, 0.2) is 30.3 Å². The van der Waals surface area contributed by atoms with E-state index in [2.05, 4.69) is 71.9 Å². The van der Waals surface area contributed by atoms with Gasteiger partial charge in [-0.3, -0.25) is 0 Å². The second kappa shape index (κ2) is 5.80. The van der Waals surface area contributed by atoms with Crippen LogP contribution in [0.3, 0.4) is 0 Å². The van der Waals surface area contributed by atoms with Gasteiger partial charge in [-0.1, -0.05) is 0 Å². The van der Waals surface area contributed by atoms with Gasteiger partial charge in [-0.15, -0.1) is 0 Å². The van der Waals surface area contributed by atoms with E-state index in [4.69, 9.17) is 0 Å². The first-order chi connectivity index (χ1) is 6.73. The first kappa shape index (κ1) is 16.4. The Balaban J connectivity index is 0.00000225. The van der Waals surface area contributed by atoms with Crippen LogP contribution in [0.1, 0.15) is 41.5 Å². The summed E-state index contributed by atoms with van der Waals surface area (Å²) in [4.78, 5) is 0. The normalized spacial score (nSPS) is 12.4. The molecular weight excluding hydrogens is 248 g/mol. The number of hydrogen-bond donors (Lipinski definition) is 0. The third-order valence-electron chi connectivity index (χ3n) is 2.56. The molecule has 0 unspecified atom stereocenters. The van der Waals surface area contributed by atoms with Crippen LogP contribution in [0.4, 0.5) is 0 Å². The Morgan fingerprint density at radius 1 is 0.750 bits per heavy atom. The van der Waals surface area contributed by atoms with Gasteiger partial charge in [0.25, 0.3) is 0 Å². The molecule has 0 fully saturated rings. The molecule has 0 amide bonds. The summed E-state index contributed by atoms with van der Waals surface area (Å²) >= 11 is -1.28. The average Bonchev–Trinajstić information content (AvgIpc) is 2.00. The van der Waals surface area contributed by atoms with Gasteiger partial charge in [0.05, 0.1) is 0 Å². The molecular formula is C14H23GeLi. The molecule has 16 heavy (non-hydrogen) atoms. The van der Waals surface area contributed by atoms with Gasteiger partial charge < -0.3 is 0 Å². The fourth-order valence-corrected chi connectivity index (χ4v) is 12.1. The molecule has 2 radical (unpaired) electrons. The fourth-order valence-electron chi connectivity index (χ4n) is 2.60. The van der Waals surface area contributed by atoms with E-state index in [0.29, 0.717) is 8.49 Å². The maximum absolute atomic E-state index is 2.40. The molecule has 1 aromatic rings. The molecule has 0 heterocycles. The quantitative estimate of drug-likeness (QED) is 0.684. The van der Waals surface area contributed by atoms with Crippen molar-refractivity contribution >= 4 is 37.6 Å². The zero-order valence-electron chi connectivity index (χ0n) is 11.9. The first-order valence-electron chi connectivity index (χ1n) is 5.66. The van der Waals surface area contributed by atoms with E-state index in [-0.39, 0.29) is 18.9 Å². The number of benzene rings is 1. The van der Waals surface area contributed by atoms with E-state index >= 15 is 0 Å². The zero-order valence-corrected chi connectivity index (χ0v) is 14.0. The third kappa shape index (κ3) is 4.32. The Bertz CT molecular complexity index is 292. The summed E-state index contributed by atoms with van der Waals surface area (Å²) in [5.74, 6) is 0. The van der Waals surface area contributed by atoms with E-state index in [0.717, 1.165) is 0 Å². The summed E-state index contributed by atoms with van der Waals surface area (Å²) in [7, 11) is 0. The molecule has 0 aliphatic carbocycles. The molecule has 0 atom stereocenters. The van der Waals surface area contributed by atoms with Crippen LogP contribution in [-0.4, -0.2) is 33.2 Å². The van der Waals surface area contributed by atoms with Gasteiger partial charge in [0.1, 0.15) is 0 Å². The summed E-state index contributed by atoms with van der Waals surface area (Å²) in [5, 5.41) is 0. The largest absolute Gasteiger partial charge is 0 e. The second-order valence-electron chi connectivity index (χ2n) is 6.24. The standard InChI is InChI=1S/C14H23Ge.Li/c1-13(2,3)15(14(4,5)6)12-10-8-7-9-11-12;/h7-11H,1-6H3;. The van der Waals surface area contributed by atoms with Crippen molar-refractivity contribution in [3.05, 3.63) is 30.3 Å². The van der Waals surface area contributed by atoms with E-state index < -0.39 is 14.3 Å². The molecule has 0 bridgehead atoms. The first-order valence-corrected chi connectivity index (χ1v) is 8.81. The van der Waals surface area contributed by atoms with Crippen molar-refractivity contribution in [1.29, 1.82) is 0 Å². The molecule has 1 rings (SSSR count). The predicted molar refractivity (Wildman–Crippen MR) is 77.0 cm³/mol. The maximum Gasteiger partial charge on any atom is 0 e. The van der Waals surface area contributed by atoms with Gasteiger partial charge in [-0.2, -0.15) is 0 Å². The van der Waals surface area contributed by atoms with Crippen molar-refractivity contribution in [3.8, 4) is 0 Å². The van der Waals surface area contributed by atoms with Crippen molar-refractivity contribution in [2.75, 3.05) is 0 Å². The van der Waals surface area contributed by atoms with Crippen LogP contribution in [0.25, 0.3) is 0 Å². The molecule has 84 valence electrons. The maximum atomic E-state index is 2.40. The molecule has 0 nitrogen and oxygen atoms in total. The minimum absolute atomic E-state index is 0. The Hall–Kier alpha value is 0.360. The second-order valence-corrected chi connectivity index (χ2v) is 15.3. The van der Waals surface area contributed by atoms with Gasteiger partial charge in [0, 0.05) is 18.9 Å². The van der Waals surface area contributed by atoms with Crippen molar-refractivity contribution in [2.45, 2.75) is 50.0 Å². The molecule has 0 aliphatic heterocycles. The van der Waals surface area contributed by atoms with Crippen LogP contribution in [0.5, 0.6) is 0 Å². The molecule has 0 spiro atoms. The molecule has 0 saturated carbocycles. The monoisotopic (exact) mass is 272 g/mol. The Morgan fingerprint density at radius 2 is 1.12 bits per heavy atom. The van der Waals surface area contributed by atoms with Crippen molar-refractivity contribution in [3.63, 3.8) is 0 Å². The topological polar surface area (TPSA) is 0 Å². The van der Waals surface area contributed by atoms with Gasteiger partial charge >= 0.3 is 99.1 Å². The summed E-state index contributed by atoms with van der Waals surface area (Å²) < 4.78 is 2.57. The van der Waals surface area contributed by atoms with Crippen LogP contribution < -0.4 is 4.40 Å². The van der Waals surface area contributed by atoms with Crippen LogP contribution in [-0.2, 0) is 0 Å². The van der Waals surface area contributed by atoms with Crippen molar-refractivity contribution in [1.82, 2.24) is 0 Å². The Kier molecular flexibility index (Phi) is 5.94. The SMILES string of the molecule is C[C](C)(C)[Ge]([c]1ccccc1)[C](C)(C)C.[Li]. The van der Waals surface area contributed by atoms with Gasteiger partial charge in [-0.25, -0.2) is 0 Å². The van der Waals surface area contributed by atoms with Crippen molar-refractivity contribution in [2.24, 2.45) is 0 Å². The molecule has 0 saturated heterocycles. The van der Waals surface area contributed by atoms with Gasteiger partial charge in [-0.05, 0) is 0 Å². The zero-order chi connectivity index (χ0) is 11.7. The molecule has 0 aliphatic rings. The molecule has 2 heteroatoms. The number of hydrogen-bond acceptors (Lipinski definition) is 0. The van der Waals surface area contributed by atoms with Crippen LogP contribution in [0.2, 0.25) is 8.49 Å². The van der Waals surface area contributed by atoms with Crippen molar-refractivity contribution < 1.29 is 0 Å². The van der Waals surface area contributed by atoms with E-state index in [1.807, 2.05) is 0 Å². The van der Waals surface area contributed by atoms with E-state index in [1.54, 1.807) is 4.40 Å². The predicted octanol–water partition coefficient (Wildman–Crippen LogP) is 3.61. The van der Waals surface area contributed by atoms with Crippen LogP contribution in [0, 0.1) is 0 Å². The van der Waals surface area contributed by atoms with Gasteiger partial charge in [0.15, 0.2) is 0 Å². The molecule has 0 N–H and O–H groups in total. The van der Waals surface area contributed by atoms with Gasteiger partial charge in [0.2, 0.25) is 0 Å². The van der Waals surface area contributed by atoms with E-state index in [1.165, 1.54) is 0 Å². The smallest absolute Gasteiger partial charge is 0 e. The number of rotatable bonds is 1. The summed E-state index contributed by atoms with van der Waals surface area (Å²) in [6.07, 6.45) is 0.